The van der Waals surface area contributed by atoms with Crippen molar-refractivity contribution in [3.8, 4) is 0 Å². The molecule has 0 aliphatic heterocycles. The van der Waals surface area contributed by atoms with E-state index in [-0.39, 0.29) is 17.9 Å². The Kier molecular flexibility index (Phi) is 7.94. The summed E-state index contributed by atoms with van der Waals surface area (Å²) in [4.78, 5) is 0. The largest absolute Gasteiger partial charge is 0.389 e. The van der Waals surface area contributed by atoms with Crippen LogP contribution in [0.3, 0.4) is 0 Å². The fraction of sp³-hybridized carbons (Fsp3) is 1.00. The minimum atomic E-state index is -3.01. The Hall–Kier alpha value is -0.170. The lowest BCUT2D eigenvalue weighted by molar-refractivity contribution is 0.0547. The molecule has 0 aromatic heterocycles. The monoisotopic (exact) mass is 267 g/mol. The van der Waals surface area contributed by atoms with E-state index in [1.54, 1.807) is 14.0 Å². The van der Waals surface area contributed by atoms with Crippen molar-refractivity contribution >= 4 is 9.84 Å². The van der Waals surface area contributed by atoms with Gasteiger partial charge in [0.25, 0.3) is 0 Å². The van der Waals surface area contributed by atoms with E-state index >= 15 is 0 Å². The Morgan fingerprint density at radius 3 is 2.53 bits per heavy atom. The third-order valence-electron chi connectivity index (χ3n) is 2.46. The average Bonchev–Trinajstić information content (AvgIpc) is 2.22. The molecule has 6 heteroatoms. The molecule has 0 aromatic rings. The lowest BCUT2D eigenvalue weighted by Gasteiger charge is -2.23. The van der Waals surface area contributed by atoms with Crippen LogP contribution in [0.4, 0.5) is 0 Å². The highest BCUT2D eigenvalue weighted by molar-refractivity contribution is 7.91. The molecular formula is C11H25NO4S. The maximum Gasteiger partial charge on any atom is 0.150 e. The fourth-order valence-corrected chi connectivity index (χ4v) is 2.99. The Morgan fingerprint density at radius 2 is 2.00 bits per heavy atom. The van der Waals surface area contributed by atoms with Gasteiger partial charge in [0, 0.05) is 26.0 Å². The van der Waals surface area contributed by atoms with Crippen molar-refractivity contribution in [3.05, 3.63) is 0 Å². The van der Waals surface area contributed by atoms with Gasteiger partial charge in [0.2, 0.25) is 0 Å². The van der Waals surface area contributed by atoms with E-state index < -0.39 is 15.4 Å². The topological polar surface area (TPSA) is 75.6 Å². The maximum absolute atomic E-state index is 11.5. The fourth-order valence-electron chi connectivity index (χ4n) is 1.41. The average molecular weight is 267 g/mol. The summed E-state index contributed by atoms with van der Waals surface area (Å²) in [5.74, 6) is 0.236. The van der Waals surface area contributed by atoms with Crippen molar-refractivity contribution in [3.63, 3.8) is 0 Å². The van der Waals surface area contributed by atoms with E-state index in [0.29, 0.717) is 26.1 Å². The summed E-state index contributed by atoms with van der Waals surface area (Å²) in [5, 5.41) is 13.0. The van der Waals surface area contributed by atoms with E-state index in [9.17, 15) is 13.5 Å². The lowest BCUT2D eigenvalue weighted by Crippen LogP contribution is -2.40. The minimum Gasteiger partial charge on any atom is -0.389 e. The van der Waals surface area contributed by atoms with Gasteiger partial charge in [-0.3, -0.25) is 0 Å². The molecule has 0 spiro atoms. The van der Waals surface area contributed by atoms with Crippen LogP contribution in [0.5, 0.6) is 0 Å². The summed E-state index contributed by atoms with van der Waals surface area (Å²) in [7, 11) is -1.40. The van der Waals surface area contributed by atoms with Crippen molar-refractivity contribution < 1.29 is 18.3 Å². The summed E-state index contributed by atoms with van der Waals surface area (Å²) in [6.45, 7) is 5.08. The van der Waals surface area contributed by atoms with Crippen molar-refractivity contribution in [2.75, 3.05) is 38.3 Å². The molecule has 104 valence electrons. The first-order valence-corrected chi connectivity index (χ1v) is 7.77. The van der Waals surface area contributed by atoms with Gasteiger partial charge in [-0.2, -0.15) is 0 Å². The highest BCUT2D eigenvalue weighted by atomic mass is 32.2. The second-order valence-corrected chi connectivity index (χ2v) is 6.87. The first kappa shape index (κ1) is 16.8. The van der Waals surface area contributed by atoms with Crippen molar-refractivity contribution in [2.24, 2.45) is 0 Å². The molecule has 0 aromatic carbocycles. The molecule has 0 saturated heterocycles. The second-order valence-electron chi connectivity index (χ2n) is 4.57. The van der Waals surface area contributed by atoms with E-state index in [1.807, 2.05) is 6.92 Å². The number of hydrogen-bond donors (Lipinski definition) is 2. The van der Waals surface area contributed by atoms with Gasteiger partial charge in [-0.25, -0.2) is 8.42 Å². The van der Waals surface area contributed by atoms with Crippen LogP contribution in [0.1, 0.15) is 26.7 Å². The van der Waals surface area contributed by atoms with Crippen LogP contribution in [0.15, 0.2) is 0 Å². The number of aliphatic hydroxyl groups is 1. The van der Waals surface area contributed by atoms with Crippen LogP contribution < -0.4 is 5.32 Å². The predicted octanol–water partition coefficient (Wildman–Crippen LogP) is 0.188. The van der Waals surface area contributed by atoms with Crippen LogP contribution in [-0.2, 0) is 14.6 Å². The zero-order valence-corrected chi connectivity index (χ0v) is 11.8. The van der Waals surface area contributed by atoms with Gasteiger partial charge in [-0.15, -0.1) is 0 Å². The van der Waals surface area contributed by atoms with Crippen LogP contribution in [0, 0.1) is 0 Å². The Labute approximate surface area is 104 Å². The smallest absolute Gasteiger partial charge is 0.150 e. The summed E-state index contributed by atoms with van der Waals surface area (Å²) < 4.78 is 27.9. The van der Waals surface area contributed by atoms with Crippen LogP contribution >= 0.6 is 0 Å². The molecule has 0 aliphatic carbocycles. The van der Waals surface area contributed by atoms with Crippen LogP contribution in [0.2, 0.25) is 0 Å². The predicted molar refractivity (Wildman–Crippen MR) is 68.9 cm³/mol. The number of rotatable bonds is 10. The summed E-state index contributed by atoms with van der Waals surface area (Å²) >= 11 is 0. The third kappa shape index (κ3) is 9.52. The molecule has 0 bridgehead atoms. The second kappa shape index (κ2) is 8.02. The van der Waals surface area contributed by atoms with E-state index in [1.165, 1.54) is 0 Å². The zero-order valence-electron chi connectivity index (χ0n) is 11.0. The highest BCUT2D eigenvalue weighted by Crippen LogP contribution is 2.10. The molecule has 0 saturated carbocycles. The van der Waals surface area contributed by atoms with Gasteiger partial charge < -0.3 is 15.2 Å². The van der Waals surface area contributed by atoms with Gasteiger partial charge in [0.1, 0.15) is 9.84 Å². The van der Waals surface area contributed by atoms with E-state index in [4.69, 9.17) is 4.74 Å². The van der Waals surface area contributed by atoms with Gasteiger partial charge in [-0.05, 0) is 19.8 Å². The Morgan fingerprint density at radius 1 is 1.35 bits per heavy atom. The zero-order chi connectivity index (χ0) is 13.4. The quantitative estimate of drug-likeness (QED) is 0.553. The lowest BCUT2D eigenvalue weighted by atomic mass is 10.0. The first-order chi connectivity index (χ1) is 7.83. The van der Waals surface area contributed by atoms with Crippen molar-refractivity contribution in [2.45, 2.75) is 32.3 Å². The van der Waals surface area contributed by atoms with Crippen molar-refractivity contribution in [1.82, 2.24) is 5.32 Å². The SMILES string of the molecule is CCCS(=O)(=O)CCC(C)(O)CNCCOC. The normalized spacial score (nSPS) is 15.8. The summed E-state index contributed by atoms with van der Waals surface area (Å²) in [6.07, 6.45) is 0.881. The third-order valence-corrected chi connectivity index (χ3v) is 4.31. The molecule has 0 rings (SSSR count). The van der Waals surface area contributed by atoms with Crippen LogP contribution in [0.25, 0.3) is 0 Å². The van der Waals surface area contributed by atoms with Crippen LogP contribution in [-0.4, -0.2) is 57.4 Å². The molecule has 0 fully saturated rings. The van der Waals surface area contributed by atoms with E-state index in [0.717, 1.165) is 0 Å². The molecule has 17 heavy (non-hydrogen) atoms. The number of hydrogen-bond acceptors (Lipinski definition) is 5. The molecular weight excluding hydrogens is 242 g/mol. The maximum atomic E-state index is 11.5. The standard InChI is InChI=1S/C11H25NO4S/c1-4-8-17(14,15)9-5-11(2,13)10-12-6-7-16-3/h12-13H,4-10H2,1-3H3. The molecule has 1 unspecified atom stereocenters. The van der Waals surface area contributed by atoms with E-state index in [2.05, 4.69) is 5.32 Å². The molecule has 0 aliphatic rings. The van der Waals surface area contributed by atoms with Gasteiger partial charge in [0.05, 0.1) is 18.0 Å². The molecule has 1 atom stereocenters. The van der Waals surface area contributed by atoms with Crippen molar-refractivity contribution in [1.29, 1.82) is 0 Å². The molecule has 0 amide bonds. The number of sulfone groups is 1. The Bertz CT molecular complexity index is 288. The number of methoxy groups -OCH3 is 1. The first-order valence-electron chi connectivity index (χ1n) is 5.95. The molecule has 0 radical (unpaired) electrons. The number of nitrogens with one attached hydrogen (secondary N) is 1. The summed E-state index contributed by atoms with van der Waals surface area (Å²) in [5.41, 5.74) is -0.992. The minimum absolute atomic E-state index is 0.0415. The molecule has 0 heterocycles. The Balaban J connectivity index is 3.92. The van der Waals surface area contributed by atoms with Gasteiger partial charge in [-0.1, -0.05) is 6.92 Å². The summed E-state index contributed by atoms with van der Waals surface area (Å²) in [6, 6.07) is 0. The van der Waals surface area contributed by atoms with Gasteiger partial charge >= 0.3 is 0 Å². The van der Waals surface area contributed by atoms with Gasteiger partial charge in [0.15, 0.2) is 0 Å². The molecule has 5 nitrogen and oxygen atoms in total. The molecule has 2 N–H and O–H groups in total. The number of ether oxygens (including phenoxy) is 1. The highest BCUT2D eigenvalue weighted by Gasteiger charge is 2.23.